The van der Waals surface area contributed by atoms with Crippen molar-refractivity contribution < 1.29 is 22.7 Å². The van der Waals surface area contributed by atoms with Gasteiger partial charge >= 0.3 is 5.97 Å². The number of carbonyl (C=O) groups excluding carboxylic acids is 2. The minimum Gasteiger partial charge on any atom is -0.449 e. The molecule has 3 aromatic carbocycles. The first-order valence-electron chi connectivity index (χ1n) is 11.0. The molecule has 176 valence electrons. The Morgan fingerprint density at radius 1 is 0.941 bits per heavy atom. The zero-order chi connectivity index (χ0) is 24.3. The molecule has 0 spiro atoms. The van der Waals surface area contributed by atoms with Crippen molar-refractivity contribution in [2.24, 2.45) is 0 Å². The van der Waals surface area contributed by atoms with Crippen LogP contribution in [0.1, 0.15) is 28.4 Å². The smallest absolute Gasteiger partial charge is 0.338 e. The Bertz CT molecular complexity index is 1310. The van der Waals surface area contributed by atoms with Crippen LogP contribution in [0.3, 0.4) is 0 Å². The van der Waals surface area contributed by atoms with E-state index in [1.165, 1.54) is 40.4 Å². The fourth-order valence-corrected chi connectivity index (χ4v) is 5.40. The number of ether oxygens (including phenoxy) is 1. The van der Waals surface area contributed by atoms with Crippen molar-refractivity contribution in [2.75, 3.05) is 18.5 Å². The summed E-state index contributed by atoms with van der Waals surface area (Å²) in [7, 11) is -2.20. The van der Waals surface area contributed by atoms with Crippen LogP contribution in [0, 0.1) is 0 Å². The second kappa shape index (κ2) is 9.79. The molecule has 0 bridgehead atoms. The summed E-state index contributed by atoms with van der Waals surface area (Å²) in [4.78, 5) is 26.9. The van der Waals surface area contributed by atoms with Crippen LogP contribution >= 0.6 is 0 Å². The first kappa shape index (κ1) is 23.7. The lowest BCUT2D eigenvalue weighted by Crippen LogP contribution is -2.37. The minimum atomic E-state index is -3.80. The molecule has 8 heteroatoms. The van der Waals surface area contributed by atoms with Crippen LogP contribution in [0.5, 0.6) is 0 Å². The molecule has 0 fully saturated rings. The number of nitrogens with zero attached hydrogens (tertiary/aromatic N) is 2. The maximum absolute atomic E-state index is 13.3. The number of hydrogen-bond acceptors (Lipinski definition) is 5. The Balaban J connectivity index is 1.47. The second-order valence-electron chi connectivity index (χ2n) is 8.17. The standard InChI is InChI=1S/C26H26N2O5S/c1-19(25(29)27(2)23-12-4-3-5-13-23)33-26(30)21-11-8-14-24(17-21)34(31,32)28-16-15-20-9-6-7-10-22(20)18-28/h3-14,17,19H,15-16,18H2,1-2H3/t19-/m1/s1. The average molecular weight is 479 g/mol. The van der Waals surface area contributed by atoms with Gasteiger partial charge in [0.1, 0.15) is 0 Å². The molecular weight excluding hydrogens is 452 g/mol. The third kappa shape index (κ3) is 4.88. The number of amides is 1. The van der Waals surface area contributed by atoms with Gasteiger partial charge in [0.05, 0.1) is 10.5 Å². The molecular formula is C26H26N2O5S. The van der Waals surface area contributed by atoms with E-state index in [1.54, 1.807) is 19.2 Å². The highest BCUT2D eigenvalue weighted by molar-refractivity contribution is 7.89. The monoisotopic (exact) mass is 478 g/mol. The van der Waals surface area contributed by atoms with E-state index in [9.17, 15) is 18.0 Å². The van der Waals surface area contributed by atoms with Crippen molar-refractivity contribution >= 4 is 27.6 Å². The third-order valence-corrected chi connectivity index (χ3v) is 7.75. The van der Waals surface area contributed by atoms with E-state index in [0.717, 1.165) is 11.1 Å². The highest BCUT2D eigenvalue weighted by Crippen LogP contribution is 2.25. The van der Waals surface area contributed by atoms with Crippen molar-refractivity contribution in [2.45, 2.75) is 30.9 Å². The SMILES string of the molecule is C[C@@H](OC(=O)c1cccc(S(=O)(=O)N2CCc3ccccc3C2)c1)C(=O)N(C)c1ccccc1. The number of fused-ring (bicyclic) bond motifs is 1. The van der Waals surface area contributed by atoms with Crippen LogP contribution in [0.15, 0.2) is 83.8 Å². The Morgan fingerprint density at radius 2 is 1.62 bits per heavy atom. The van der Waals surface area contributed by atoms with Crippen molar-refractivity contribution in [3.63, 3.8) is 0 Å². The van der Waals surface area contributed by atoms with E-state index in [2.05, 4.69) is 0 Å². The van der Waals surface area contributed by atoms with E-state index in [0.29, 0.717) is 18.7 Å². The number of para-hydroxylation sites is 1. The molecule has 1 heterocycles. The average Bonchev–Trinajstić information content (AvgIpc) is 2.88. The molecule has 0 N–H and O–H groups in total. The predicted molar refractivity (Wildman–Crippen MR) is 129 cm³/mol. The molecule has 0 unspecified atom stereocenters. The maximum atomic E-state index is 13.3. The first-order chi connectivity index (χ1) is 16.3. The number of hydrogen-bond donors (Lipinski definition) is 0. The summed E-state index contributed by atoms with van der Waals surface area (Å²) in [6, 6.07) is 22.5. The molecule has 0 aromatic heterocycles. The number of carbonyl (C=O) groups is 2. The van der Waals surface area contributed by atoms with Gasteiger partial charge < -0.3 is 9.64 Å². The highest BCUT2D eigenvalue weighted by Gasteiger charge is 2.29. The topological polar surface area (TPSA) is 84.0 Å². The van der Waals surface area contributed by atoms with Gasteiger partial charge in [0.15, 0.2) is 6.10 Å². The Hall–Kier alpha value is -3.49. The van der Waals surface area contributed by atoms with Gasteiger partial charge in [0, 0.05) is 25.8 Å². The van der Waals surface area contributed by atoms with Crippen LogP contribution in [-0.2, 0) is 32.5 Å². The van der Waals surface area contributed by atoms with Gasteiger partial charge in [-0.2, -0.15) is 4.31 Å². The summed E-state index contributed by atoms with van der Waals surface area (Å²) in [5.41, 5.74) is 2.86. The third-order valence-electron chi connectivity index (χ3n) is 5.91. The molecule has 34 heavy (non-hydrogen) atoms. The summed E-state index contributed by atoms with van der Waals surface area (Å²) >= 11 is 0. The van der Waals surface area contributed by atoms with E-state index in [4.69, 9.17) is 4.74 Å². The van der Waals surface area contributed by atoms with Crippen LogP contribution < -0.4 is 4.90 Å². The quantitative estimate of drug-likeness (QED) is 0.505. The zero-order valence-corrected chi connectivity index (χ0v) is 19.9. The molecule has 0 aliphatic carbocycles. The molecule has 7 nitrogen and oxygen atoms in total. The van der Waals surface area contributed by atoms with Gasteiger partial charge in [-0.15, -0.1) is 0 Å². The van der Waals surface area contributed by atoms with E-state index < -0.39 is 28.0 Å². The van der Waals surface area contributed by atoms with Crippen LogP contribution in [0.4, 0.5) is 5.69 Å². The lowest BCUT2D eigenvalue weighted by atomic mass is 10.0. The Morgan fingerprint density at radius 3 is 2.35 bits per heavy atom. The first-order valence-corrected chi connectivity index (χ1v) is 12.4. The van der Waals surface area contributed by atoms with Crippen LogP contribution in [-0.4, -0.2) is 44.3 Å². The minimum absolute atomic E-state index is 0.0155. The number of anilines is 1. The van der Waals surface area contributed by atoms with Crippen molar-refractivity contribution in [3.05, 3.63) is 95.6 Å². The fourth-order valence-electron chi connectivity index (χ4n) is 3.94. The van der Waals surface area contributed by atoms with Gasteiger partial charge in [-0.05, 0) is 54.8 Å². The molecule has 1 atom stereocenters. The summed E-state index contributed by atoms with van der Waals surface area (Å²) in [6.07, 6.45) is -0.414. The van der Waals surface area contributed by atoms with Gasteiger partial charge in [0.25, 0.3) is 5.91 Å². The lowest BCUT2D eigenvalue weighted by Gasteiger charge is -2.28. The summed E-state index contributed by atoms with van der Waals surface area (Å²) in [5, 5.41) is 0. The molecule has 1 amide bonds. The van der Waals surface area contributed by atoms with Crippen molar-refractivity contribution in [1.29, 1.82) is 0 Å². The van der Waals surface area contributed by atoms with Crippen LogP contribution in [0.25, 0.3) is 0 Å². The van der Waals surface area contributed by atoms with Gasteiger partial charge in [-0.3, -0.25) is 4.79 Å². The second-order valence-corrected chi connectivity index (χ2v) is 10.1. The van der Waals surface area contributed by atoms with Gasteiger partial charge in [0.2, 0.25) is 10.0 Å². The molecule has 0 radical (unpaired) electrons. The Labute approximate surface area is 199 Å². The van der Waals surface area contributed by atoms with Crippen molar-refractivity contribution in [1.82, 2.24) is 4.31 Å². The molecule has 1 aliphatic heterocycles. The Kier molecular flexibility index (Phi) is 6.81. The van der Waals surface area contributed by atoms with Gasteiger partial charge in [-0.1, -0.05) is 48.5 Å². The summed E-state index contributed by atoms with van der Waals surface area (Å²) in [5.74, 6) is -1.15. The lowest BCUT2D eigenvalue weighted by molar-refractivity contribution is -0.126. The van der Waals surface area contributed by atoms with Crippen molar-refractivity contribution in [3.8, 4) is 0 Å². The summed E-state index contributed by atoms with van der Waals surface area (Å²) in [6.45, 7) is 2.14. The molecule has 0 saturated carbocycles. The van der Waals surface area contributed by atoms with E-state index >= 15 is 0 Å². The maximum Gasteiger partial charge on any atom is 0.338 e. The largest absolute Gasteiger partial charge is 0.449 e. The number of esters is 1. The zero-order valence-electron chi connectivity index (χ0n) is 19.0. The number of sulfonamides is 1. The number of likely N-dealkylation sites (N-methyl/N-ethyl adjacent to an activating group) is 1. The van der Waals surface area contributed by atoms with Crippen LogP contribution in [0.2, 0.25) is 0 Å². The fraction of sp³-hybridized carbons (Fsp3) is 0.231. The highest BCUT2D eigenvalue weighted by atomic mass is 32.2. The van der Waals surface area contributed by atoms with Gasteiger partial charge in [-0.25, -0.2) is 13.2 Å². The number of rotatable bonds is 6. The molecule has 1 aliphatic rings. The van der Waals surface area contributed by atoms with E-state index in [1.807, 2.05) is 42.5 Å². The number of benzene rings is 3. The van der Waals surface area contributed by atoms with E-state index in [-0.39, 0.29) is 17.0 Å². The predicted octanol–water partition coefficient (Wildman–Crippen LogP) is 3.64. The molecule has 4 rings (SSSR count). The normalized spacial score (nSPS) is 14.6. The summed E-state index contributed by atoms with van der Waals surface area (Å²) < 4.78 is 33.3. The molecule has 3 aromatic rings. The molecule has 0 saturated heterocycles.